The van der Waals surface area contributed by atoms with E-state index in [2.05, 4.69) is 28.9 Å². The molecule has 2 fully saturated rings. The summed E-state index contributed by atoms with van der Waals surface area (Å²) in [6.07, 6.45) is 2.67. The van der Waals surface area contributed by atoms with E-state index in [0.717, 1.165) is 37.4 Å². The highest BCUT2D eigenvalue weighted by Crippen LogP contribution is 2.23. The van der Waals surface area contributed by atoms with E-state index in [-0.39, 0.29) is 17.9 Å². The molecule has 5 heteroatoms. The Hall–Kier alpha value is -1.85. The number of fused-ring (bicyclic) bond motifs is 3. The third-order valence-electron chi connectivity index (χ3n) is 4.43. The van der Waals surface area contributed by atoms with E-state index in [1.807, 2.05) is 12.1 Å². The van der Waals surface area contributed by atoms with Crippen molar-refractivity contribution in [3.05, 3.63) is 42.0 Å². The number of amides is 1. The zero-order valence-electron chi connectivity index (χ0n) is 13.6. The first-order valence-corrected chi connectivity index (χ1v) is 8.06. The van der Waals surface area contributed by atoms with Crippen molar-refractivity contribution >= 4 is 5.91 Å². The maximum absolute atomic E-state index is 12.1. The van der Waals surface area contributed by atoms with Crippen LogP contribution in [0.25, 0.3) is 0 Å². The molecule has 0 radical (unpaired) electrons. The van der Waals surface area contributed by atoms with Crippen LogP contribution in [0.5, 0.6) is 5.75 Å². The van der Waals surface area contributed by atoms with E-state index >= 15 is 0 Å². The van der Waals surface area contributed by atoms with Crippen molar-refractivity contribution < 1.29 is 14.3 Å². The molecule has 1 N–H and O–H groups in total. The van der Waals surface area contributed by atoms with Crippen LogP contribution < -0.4 is 10.1 Å². The van der Waals surface area contributed by atoms with Gasteiger partial charge in [-0.3, -0.25) is 9.69 Å². The highest BCUT2D eigenvalue weighted by Gasteiger charge is 2.33. The van der Waals surface area contributed by atoms with Crippen LogP contribution in [-0.4, -0.2) is 50.3 Å². The van der Waals surface area contributed by atoms with Gasteiger partial charge in [-0.2, -0.15) is 0 Å². The van der Waals surface area contributed by atoms with E-state index < -0.39 is 0 Å². The molecule has 23 heavy (non-hydrogen) atoms. The molecule has 0 spiro atoms. The molecule has 2 heterocycles. The molecule has 1 amide bonds. The molecule has 0 unspecified atom stereocenters. The van der Waals surface area contributed by atoms with Crippen LogP contribution in [0.2, 0.25) is 0 Å². The molecule has 0 aromatic heterocycles. The van der Waals surface area contributed by atoms with Crippen molar-refractivity contribution in [1.29, 1.82) is 0 Å². The Labute approximate surface area is 137 Å². The van der Waals surface area contributed by atoms with Gasteiger partial charge < -0.3 is 14.8 Å². The standard InChI is InChI=1S/C18H24N2O3/c1-3-4-14-7-13(5-6-17(14)22-2)8-20-9-15-11-23-12-16(10-20)19-18(15)21/h3,5-7,15-16H,1,4,8-12H2,2H3,(H,19,21)/t15-,16+/m1/s1. The number of allylic oxidation sites excluding steroid dienone is 1. The van der Waals surface area contributed by atoms with E-state index in [9.17, 15) is 4.79 Å². The first kappa shape index (κ1) is 16.0. The highest BCUT2D eigenvalue weighted by molar-refractivity contribution is 5.79. The summed E-state index contributed by atoms with van der Waals surface area (Å²) in [5.41, 5.74) is 2.38. The monoisotopic (exact) mass is 316 g/mol. The zero-order valence-corrected chi connectivity index (χ0v) is 13.6. The minimum Gasteiger partial charge on any atom is -0.496 e. The quantitative estimate of drug-likeness (QED) is 0.834. The van der Waals surface area contributed by atoms with E-state index in [4.69, 9.17) is 9.47 Å². The molecule has 1 aromatic carbocycles. The molecule has 0 aliphatic carbocycles. The average Bonchev–Trinajstić information content (AvgIpc) is 2.77. The van der Waals surface area contributed by atoms with Gasteiger partial charge in [0, 0.05) is 19.6 Å². The lowest BCUT2D eigenvalue weighted by molar-refractivity contribution is -0.125. The fourth-order valence-corrected chi connectivity index (χ4v) is 3.35. The Morgan fingerprint density at radius 2 is 2.30 bits per heavy atom. The van der Waals surface area contributed by atoms with Gasteiger partial charge in [-0.25, -0.2) is 0 Å². The first-order chi connectivity index (χ1) is 11.2. The third kappa shape index (κ3) is 3.74. The number of hydrogen-bond donors (Lipinski definition) is 1. The summed E-state index contributed by atoms with van der Waals surface area (Å²) in [6.45, 7) is 7.32. The summed E-state index contributed by atoms with van der Waals surface area (Å²) in [6, 6.07) is 6.37. The van der Waals surface area contributed by atoms with Gasteiger partial charge in [0.05, 0.1) is 32.3 Å². The lowest BCUT2D eigenvalue weighted by Crippen LogP contribution is -2.41. The lowest BCUT2D eigenvalue weighted by Gasteiger charge is -2.27. The van der Waals surface area contributed by atoms with Crippen molar-refractivity contribution in [2.75, 3.05) is 33.4 Å². The molecule has 3 rings (SSSR count). The number of ether oxygens (including phenoxy) is 2. The first-order valence-electron chi connectivity index (χ1n) is 8.06. The Morgan fingerprint density at radius 1 is 1.43 bits per heavy atom. The van der Waals surface area contributed by atoms with Crippen molar-refractivity contribution in [2.24, 2.45) is 5.92 Å². The number of benzene rings is 1. The van der Waals surface area contributed by atoms with Crippen molar-refractivity contribution in [1.82, 2.24) is 10.2 Å². The van der Waals surface area contributed by atoms with Crippen LogP contribution in [0.4, 0.5) is 0 Å². The smallest absolute Gasteiger partial charge is 0.227 e. The van der Waals surface area contributed by atoms with Gasteiger partial charge in [0.2, 0.25) is 5.91 Å². The van der Waals surface area contributed by atoms with Gasteiger partial charge in [-0.15, -0.1) is 6.58 Å². The van der Waals surface area contributed by atoms with Crippen LogP contribution >= 0.6 is 0 Å². The van der Waals surface area contributed by atoms with Gasteiger partial charge >= 0.3 is 0 Å². The van der Waals surface area contributed by atoms with E-state index in [1.54, 1.807) is 7.11 Å². The second kappa shape index (κ2) is 7.15. The SMILES string of the molecule is C=CCc1cc(CN2C[C@H]3COC[C@@H](C2)C(=O)N3)ccc1OC. The summed E-state index contributed by atoms with van der Waals surface area (Å²) in [5.74, 6) is 0.942. The summed E-state index contributed by atoms with van der Waals surface area (Å²) in [5, 5.41) is 3.07. The fraction of sp³-hybridized carbons (Fsp3) is 0.500. The Morgan fingerprint density at radius 3 is 3.09 bits per heavy atom. The summed E-state index contributed by atoms with van der Waals surface area (Å²) < 4.78 is 11.0. The molecule has 0 saturated carbocycles. The predicted molar refractivity (Wildman–Crippen MR) is 88.4 cm³/mol. The number of nitrogens with zero attached hydrogens (tertiary/aromatic N) is 1. The molecule has 124 valence electrons. The minimum absolute atomic E-state index is 0.0756. The average molecular weight is 316 g/mol. The van der Waals surface area contributed by atoms with Crippen molar-refractivity contribution in [3.63, 3.8) is 0 Å². The molecule has 5 nitrogen and oxygen atoms in total. The highest BCUT2D eigenvalue weighted by atomic mass is 16.5. The summed E-state index contributed by atoms with van der Waals surface area (Å²) in [7, 11) is 1.69. The number of carbonyl (C=O) groups is 1. The number of hydrogen-bond acceptors (Lipinski definition) is 4. The van der Waals surface area contributed by atoms with Gasteiger partial charge in [0.25, 0.3) is 0 Å². The number of carbonyl (C=O) groups excluding carboxylic acids is 1. The summed E-state index contributed by atoms with van der Waals surface area (Å²) >= 11 is 0. The second-order valence-corrected chi connectivity index (χ2v) is 6.27. The normalized spacial score (nSPS) is 24.7. The molecule has 1 aromatic rings. The Bertz CT molecular complexity index is 588. The minimum atomic E-state index is -0.0756. The number of rotatable bonds is 5. The maximum atomic E-state index is 12.1. The lowest BCUT2D eigenvalue weighted by atomic mass is 10.1. The van der Waals surface area contributed by atoms with E-state index in [1.165, 1.54) is 5.56 Å². The molecule has 2 aliphatic heterocycles. The molecule has 2 saturated heterocycles. The van der Waals surface area contributed by atoms with Crippen LogP contribution in [-0.2, 0) is 22.5 Å². The summed E-state index contributed by atoms with van der Waals surface area (Å²) in [4.78, 5) is 14.4. The van der Waals surface area contributed by atoms with E-state index in [0.29, 0.717) is 13.2 Å². The second-order valence-electron chi connectivity index (χ2n) is 6.27. The van der Waals surface area contributed by atoms with Crippen LogP contribution in [0.3, 0.4) is 0 Å². The van der Waals surface area contributed by atoms with Crippen molar-refractivity contribution in [2.45, 2.75) is 19.0 Å². The maximum Gasteiger partial charge on any atom is 0.227 e. The van der Waals surface area contributed by atoms with Crippen LogP contribution in [0, 0.1) is 5.92 Å². The molecular formula is C18H24N2O3. The molecular weight excluding hydrogens is 292 g/mol. The molecule has 2 atom stereocenters. The fourth-order valence-electron chi connectivity index (χ4n) is 3.35. The topological polar surface area (TPSA) is 50.8 Å². The van der Waals surface area contributed by atoms with Gasteiger partial charge in [-0.1, -0.05) is 18.2 Å². The van der Waals surface area contributed by atoms with Crippen LogP contribution in [0.15, 0.2) is 30.9 Å². The van der Waals surface area contributed by atoms with Crippen LogP contribution in [0.1, 0.15) is 11.1 Å². The van der Waals surface area contributed by atoms with Gasteiger partial charge in [0.15, 0.2) is 0 Å². The number of methoxy groups -OCH3 is 1. The van der Waals surface area contributed by atoms with Gasteiger partial charge in [-0.05, 0) is 23.6 Å². The Balaban J connectivity index is 1.75. The Kier molecular flexibility index (Phi) is 4.98. The van der Waals surface area contributed by atoms with Crippen molar-refractivity contribution in [3.8, 4) is 5.75 Å². The zero-order chi connectivity index (χ0) is 16.2. The van der Waals surface area contributed by atoms with Gasteiger partial charge in [0.1, 0.15) is 5.75 Å². The predicted octanol–water partition coefficient (Wildman–Crippen LogP) is 1.37. The largest absolute Gasteiger partial charge is 0.496 e. The number of nitrogens with one attached hydrogen (secondary N) is 1. The third-order valence-corrected chi connectivity index (χ3v) is 4.43. The molecule has 2 aliphatic rings. The molecule has 2 bridgehead atoms.